The van der Waals surface area contributed by atoms with Crippen molar-refractivity contribution in [3.05, 3.63) is 63.7 Å². The number of hydrogen-bond donors (Lipinski definition) is 1. The van der Waals surface area contributed by atoms with Crippen LogP contribution in [0.25, 0.3) is 10.6 Å². The smallest absolute Gasteiger partial charge is 0.256 e. The maximum atomic E-state index is 13.8. The van der Waals surface area contributed by atoms with Crippen molar-refractivity contribution in [1.82, 2.24) is 14.9 Å². The molecule has 0 saturated carbocycles. The molecule has 1 atom stereocenters. The molecule has 1 amide bonds. The highest BCUT2D eigenvalue weighted by atomic mass is 32.1. The van der Waals surface area contributed by atoms with Crippen LogP contribution in [0.4, 0.5) is 14.7 Å². The summed E-state index contributed by atoms with van der Waals surface area (Å²) in [5.41, 5.74) is 2.25. The molecule has 1 unspecified atom stereocenters. The molecule has 7 nitrogen and oxygen atoms in total. The Kier molecular flexibility index (Phi) is 5.12. The van der Waals surface area contributed by atoms with Gasteiger partial charge >= 0.3 is 0 Å². The molecule has 2 fully saturated rings. The van der Waals surface area contributed by atoms with Crippen molar-refractivity contribution >= 4 is 23.2 Å². The van der Waals surface area contributed by atoms with Gasteiger partial charge in [0.1, 0.15) is 5.54 Å². The summed E-state index contributed by atoms with van der Waals surface area (Å²) in [5, 5.41) is 3.32. The van der Waals surface area contributed by atoms with Crippen molar-refractivity contribution in [2.24, 2.45) is 0 Å². The fourth-order valence-electron chi connectivity index (χ4n) is 4.69. The lowest BCUT2D eigenvalue weighted by molar-refractivity contribution is -0.126. The zero-order valence-corrected chi connectivity index (χ0v) is 19.3. The molecule has 6 rings (SSSR count). The fraction of sp³-hybridized carbons (Fsp3) is 0.375. The Morgan fingerprint density at radius 2 is 2.09 bits per heavy atom. The van der Waals surface area contributed by atoms with Gasteiger partial charge in [-0.2, -0.15) is 0 Å². The normalized spacial score (nSPS) is 20.6. The number of rotatable bonds is 5. The number of benzene rings is 1. The lowest BCUT2D eigenvalue weighted by Gasteiger charge is -2.45. The van der Waals surface area contributed by atoms with Gasteiger partial charge in [-0.05, 0) is 42.7 Å². The van der Waals surface area contributed by atoms with Crippen molar-refractivity contribution in [3.63, 3.8) is 0 Å². The molecule has 0 aliphatic carbocycles. The van der Waals surface area contributed by atoms with Crippen molar-refractivity contribution in [2.75, 3.05) is 31.7 Å². The zero-order valence-electron chi connectivity index (χ0n) is 18.4. The van der Waals surface area contributed by atoms with E-state index in [9.17, 15) is 13.6 Å². The van der Waals surface area contributed by atoms with Crippen molar-refractivity contribution in [2.45, 2.75) is 31.5 Å². The molecule has 0 bridgehead atoms. The van der Waals surface area contributed by atoms with E-state index in [-0.39, 0.29) is 18.5 Å². The van der Waals surface area contributed by atoms with Gasteiger partial charge in [0.05, 0.1) is 42.0 Å². The summed E-state index contributed by atoms with van der Waals surface area (Å²) in [6.07, 6.45) is 2.69. The molecule has 3 aliphatic rings. The Hall–Kier alpha value is -2.95. The number of thiophene rings is 1. The third-order valence-corrected chi connectivity index (χ3v) is 7.96. The second kappa shape index (κ2) is 8.07. The maximum Gasteiger partial charge on any atom is 0.256 e. The number of nitrogens with one attached hydrogen (secondary N) is 1. The van der Waals surface area contributed by atoms with Gasteiger partial charge in [-0.15, -0.1) is 11.3 Å². The van der Waals surface area contributed by atoms with Gasteiger partial charge in [-0.25, -0.2) is 18.7 Å². The molecule has 2 aromatic heterocycles. The van der Waals surface area contributed by atoms with Crippen LogP contribution in [-0.4, -0.2) is 53.2 Å². The van der Waals surface area contributed by atoms with E-state index in [4.69, 9.17) is 14.5 Å². The van der Waals surface area contributed by atoms with E-state index in [0.29, 0.717) is 36.9 Å². The van der Waals surface area contributed by atoms with Gasteiger partial charge in [-0.3, -0.25) is 4.79 Å². The molecule has 1 spiro atoms. The number of carbonyl (C=O) groups is 1. The predicted octanol–water partition coefficient (Wildman–Crippen LogP) is 3.87. The number of aromatic nitrogens is 2. The minimum absolute atomic E-state index is 0.140. The maximum absolute atomic E-state index is 13.8. The van der Waals surface area contributed by atoms with Crippen molar-refractivity contribution < 1.29 is 23.0 Å². The Morgan fingerprint density at radius 1 is 1.24 bits per heavy atom. The van der Waals surface area contributed by atoms with Gasteiger partial charge in [0.25, 0.3) is 5.91 Å². The van der Waals surface area contributed by atoms with Crippen LogP contribution in [0.2, 0.25) is 0 Å². The highest BCUT2D eigenvalue weighted by molar-refractivity contribution is 7.16. The summed E-state index contributed by atoms with van der Waals surface area (Å²) in [6, 6.07) is 5.80. The van der Waals surface area contributed by atoms with E-state index in [1.54, 1.807) is 11.1 Å². The van der Waals surface area contributed by atoms with Crippen LogP contribution in [0.3, 0.4) is 0 Å². The number of carbonyl (C=O) groups excluding carboxylic acids is 1. The van der Waals surface area contributed by atoms with Gasteiger partial charge in [0, 0.05) is 24.2 Å². The van der Waals surface area contributed by atoms with E-state index in [1.807, 2.05) is 13.0 Å². The molecule has 5 heterocycles. The average molecular weight is 485 g/mol. The first-order valence-electron chi connectivity index (χ1n) is 11.1. The SMILES string of the molecule is Cc1cnc(NC2CCOC2)nc1-c1cc2c(s1)C1(COC1)N(Cc1ccc(F)c(F)c1)C2=O. The molecular formula is C24H22F2N4O3S. The highest BCUT2D eigenvalue weighted by Gasteiger charge is 2.56. The van der Waals surface area contributed by atoms with Crippen molar-refractivity contribution in [1.29, 1.82) is 0 Å². The van der Waals surface area contributed by atoms with E-state index >= 15 is 0 Å². The molecule has 1 aromatic carbocycles. The number of aryl methyl sites for hydroxylation is 1. The van der Waals surface area contributed by atoms with E-state index in [0.717, 1.165) is 46.2 Å². The third-order valence-electron chi connectivity index (χ3n) is 6.62. The monoisotopic (exact) mass is 484 g/mol. The minimum Gasteiger partial charge on any atom is -0.379 e. The van der Waals surface area contributed by atoms with E-state index in [2.05, 4.69) is 10.3 Å². The van der Waals surface area contributed by atoms with Gasteiger partial charge < -0.3 is 19.7 Å². The third kappa shape index (κ3) is 3.40. The summed E-state index contributed by atoms with van der Waals surface area (Å²) in [4.78, 5) is 26.1. The molecule has 10 heteroatoms. The Bertz CT molecular complexity index is 1290. The van der Waals surface area contributed by atoms with Crippen LogP contribution in [-0.2, 0) is 21.6 Å². The van der Waals surface area contributed by atoms with Gasteiger partial charge in [0.15, 0.2) is 11.6 Å². The highest BCUT2D eigenvalue weighted by Crippen LogP contribution is 2.50. The Labute approximate surface area is 198 Å². The van der Waals surface area contributed by atoms with Crippen LogP contribution in [0.15, 0.2) is 30.5 Å². The van der Waals surface area contributed by atoms with Gasteiger partial charge in [0.2, 0.25) is 5.95 Å². The summed E-state index contributed by atoms with van der Waals surface area (Å²) in [7, 11) is 0. The standard InChI is InChI=1S/C24H22F2N4O3S/c1-13-8-27-23(28-15-4-5-32-10-15)29-20(13)19-7-16-21(34-19)24(11-33-12-24)30(22(16)31)9-14-2-3-17(25)18(26)6-14/h2-3,6-8,15H,4-5,9-12H2,1H3,(H,27,28,29). The lowest BCUT2D eigenvalue weighted by atomic mass is 9.94. The van der Waals surface area contributed by atoms with Crippen LogP contribution in [0.1, 0.15) is 32.8 Å². The molecule has 176 valence electrons. The van der Waals surface area contributed by atoms with Crippen LogP contribution in [0.5, 0.6) is 0 Å². The molecule has 2 saturated heterocycles. The number of ether oxygens (including phenoxy) is 2. The first-order valence-corrected chi connectivity index (χ1v) is 11.9. The average Bonchev–Trinajstić information content (AvgIpc) is 3.50. The molecule has 1 N–H and O–H groups in total. The van der Waals surface area contributed by atoms with Gasteiger partial charge in [-0.1, -0.05) is 6.07 Å². The number of anilines is 1. The molecular weight excluding hydrogens is 462 g/mol. The number of hydrogen-bond acceptors (Lipinski definition) is 7. The number of fused-ring (bicyclic) bond motifs is 2. The first kappa shape index (κ1) is 21.6. The summed E-state index contributed by atoms with van der Waals surface area (Å²) < 4.78 is 38.1. The topological polar surface area (TPSA) is 76.6 Å². The molecule has 3 aromatic rings. The Balaban J connectivity index is 1.32. The second-order valence-electron chi connectivity index (χ2n) is 8.95. The summed E-state index contributed by atoms with van der Waals surface area (Å²) in [6.45, 7) is 4.22. The predicted molar refractivity (Wildman–Crippen MR) is 122 cm³/mol. The lowest BCUT2D eigenvalue weighted by Crippen LogP contribution is -2.56. The largest absolute Gasteiger partial charge is 0.379 e. The number of amides is 1. The zero-order chi connectivity index (χ0) is 23.4. The molecule has 0 radical (unpaired) electrons. The van der Waals surface area contributed by atoms with E-state index in [1.165, 1.54) is 17.4 Å². The Morgan fingerprint density at radius 3 is 2.79 bits per heavy atom. The fourth-order valence-corrected chi connectivity index (χ4v) is 6.07. The molecule has 3 aliphatic heterocycles. The van der Waals surface area contributed by atoms with Crippen molar-refractivity contribution in [3.8, 4) is 10.6 Å². The number of halogens is 2. The molecule has 34 heavy (non-hydrogen) atoms. The minimum atomic E-state index is -0.923. The van der Waals surface area contributed by atoms with Crippen LogP contribution < -0.4 is 5.32 Å². The quantitative estimate of drug-likeness (QED) is 0.593. The van der Waals surface area contributed by atoms with Crippen LogP contribution >= 0.6 is 11.3 Å². The van der Waals surface area contributed by atoms with E-state index < -0.39 is 17.2 Å². The summed E-state index contributed by atoms with van der Waals surface area (Å²) in [5.74, 6) is -1.43. The second-order valence-corrected chi connectivity index (χ2v) is 10.00. The van der Waals surface area contributed by atoms with Crippen LogP contribution in [0, 0.1) is 18.6 Å². The summed E-state index contributed by atoms with van der Waals surface area (Å²) >= 11 is 1.53. The first-order chi connectivity index (χ1) is 16.4. The number of nitrogens with zero attached hydrogens (tertiary/aromatic N) is 3.